The smallest absolute Gasteiger partial charge is 0.328 e. The molecule has 0 aliphatic rings. The predicted molar refractivity (Wildman–Crippen MR) is 63.4 cm³/mol. The predicted octanol–water partition coefficient (Wildman–Crippen LogP) is 2.74. The minimum Gasteiger partial charge on any atom is -0.489 e. The van der Waals surface area contributed by atoms with E-state index in [1.54, 1.807) is 24.3 Å². The van der Waals surface area contributed by atoms with Gasteiger partial charge in [-0.2, -0.15) is 0 Å². The van der Waals surface area contributed by atoms with Gasteiger partial charge in [-0.3, -0.25) is 0 Å². The van der Waals surface area contributed by atoms with E-state index in [1.807, 2.05) is 6.92 Å². The van der Waals surface area contributed by atoms with Gasteiger partial charge in [0.05, 0.1) is 0 Å². The van der Waals surface area contributed by atoms with Gasteiger partial charge in [0.1, 0.15) is 12.4 Å². The molecule has 16 heavy (non-hydrogen) atoms. The molecule has 0 saturated heterocycles. The molecule has 0 amide bonds. The number of hydrogen-bond donors (Lipinski definition) is 1. The molecule has 0 spiro atoms. The van der Waals surface area contributed by atoms with E-state index < -0.39 is 5.97 Å². The lowest BCUT2D eigenvalue weighted by molar-refractivity contribution is -0.131. The molecule has 0 aliphatic heterocycles. The summed E-state index contributed by atoms with van der Waals surface area (Å²) >= 11 is 0. The Morgan fingerprint density at radius 1 is 1.44 bits per heavy atom. The van der Waals surface area contributed by atoms with E-state index >= 15 is 0 Å². The van der Waals surface area contributed by atoms with Crippen molar-refractivity contribution in [2.75, 3.05) is 6.61 Å². The van der Waals surface area contributed by atoms with Gasteiger partial charge in [-0.1, -0.05) is 18.7 Å². The third kappa shape index (κ3) is 4.46. The van der Waals surface area contributed by atoms with Crippen molar-refractivity contribution in [2.24, 2.45) is 0 Å². The van der Waals surface area contributed by atoms with Crippen LogP contribution in [0, 0.1) is 0 Å². The van der Waals surface area contributed by atoms with Crippen LogP contribution in [0.1, 0.15) is 12.5 Å². The number of ether oxygens (including phenoxy) is 1. The summed E-state index contributed by atoms with van der Waals surface area (Å²) in [6, 6.07) is 7.19. The molecule has 1 aromatic carbocycles. The zero-order chi connectivity index (χ0) is 12.0. The van der Waals surface area contributed by atoms with Crippen molar-refractivity contribution in [3.05, 3.63) is 48.1 Å². The summed E-state index contributed by atoms with van der Waals surface area (Å²) in [7, 11) is 0. The molecule has 0 saturated carbocycles. The normalized spacial score (nSPS) is 10.3. The van der Waals surface area contributed by atoms with E-state index in [0.717, 1.165) is 23.0 Å². The highest BCUT2D eigenvalue weighted by atomic mass is 16.5. The van der Waals surface area contributed by atoms with Gasteiger partial charge in [-0.15, -0.1) is 0 Å². The van der Waals surface area contributed by atoms with Crippen molar-refractivity contribution in [1.29, 1.82) is 0 Å². The summed E-state index contributed by atoms with van der Waals surface area (Å²) in [5.74, 6) is -0.210. The number of aliphatic carboxylic acids is 1. The molecule has 0 fully saturated rings. The van der Waals surface area contributed by atoms with Crippen molar-refractivity contribution in [3.63, 3.8) is 0 Å². The van der Waals surface area contributed by atoms with Gasteiger partial charge < -0.3 is 9.84 Å². The molecule has 0 aliphatic carbocycles. The maximum atomic E-state index is 10.3. The molecule has 84 valence electrons. The second-order valence-corrected chi connectivity index (χ2v) is 3.49. The van der Waals surface area contributed by atoms with Gasteiger partial charge in [-0.25, -0.2) is 4.79 Å². The fourth-order valence-electron chi connectivity index (χ4n) is 1.05. The summed E-state index contributed by atoms with van der Waals surface area (Å²) in [5, 5.41) is 8.45. The Morgan fingerprint density at radius 2 is 2.06 bits per heavy atom. The van der Waals surface area contributed by atoms with Crippen molar-refractivity contribution >= 4 is 12.0 Å². The zero-order valence-electron chi connectivity index (χ0n) is 9.14. The van der Waals surface area contributed by atoms with Crippen LogP contribution in [0.2, 0.25) is 0 Å². The fourth-order valence-corrected chi connectivity index (χ4v) is 1.05. The molecule has 3 nitrogen and oxygen atoms in total. The number of carboxylic acid groups (broad SMARTS) is 1. The molecule has 0 atom stereocenters. The van der Waals surface area contributed by atoms with Gasteiger partial charge in [-0.05, 0) is 36.3 Å². The van der Waals surface area contributed by atoms with E-state index in [4.69, 9.17) is 9.84 Å². The summed E-state index contributed by atoms with van der Waals surface area (Å²) in [5.41, 5.74) is 1.78. The molecule has 0 unspecified atom stereocenters. The molecule has 1 N–H and O–H groups in total. The number of carbonyl (C=O) groups is 1. The van der Waals surface area contributed by atoms with Gasteiger partial charge >= 0.3 is 5.97 Å². The topological polar surface area (TPSA) is 46.5 Å². The third-order valence-corrected chi connectivity index (χ3v) is 1.78. The molecule has 0 radical (unpaired) electrons. The van der Waals surface area contributed by atoms with Gasteiger partial charge in [0.15, 0.2) is 0 Å². The van der Waals surface area contributed by atoms with Gasteiger partial charge in [0.25, 0.3) is 0 Å². The lowest BCUT2D eigenvalue weighted by atomic mass is 10.2. The van der Waals surface area contributed by atoms with E-state index in [2.05, 4.69) is 6.58 Å². The quantitative estimate of drug-likeness (QED) is 0.610. The molecule has 1 rings (SSSR count). The molecule has 0 aromatic heterocycles. The largest absolute Gasteiger partial charge is 0.489 e. The maximum Gasteiger partial charge on any atom is 0.328 e. The second kappa shape index (κ2) is 5.75. The average molecular weight is 218 g/mol. The van der Waals surface area contributed by atoms with Crippen molar-refractivity contribution < 1.29 is 14.6 Å². The number of hydrogen-bond acceptors (Lipinski definition) is 2. The zero-order valence-corrected chi connectivity index (χ0v) is 9.14. The SMILES string of the molecule is C=C(C)COc1ccc(/C=C/C(=O)O)cc1. The number of benzene rings is 1. The van der Waals surface area contributed by atoms with E-state index in [0.29, 0.717) is 6.61 Å². The molecular formula is C13H14O3. The first-order chi connectivity index (χ1) is 7.58. The number of carboxylic acids is 1. The van der Waals surface area contributed by atoms with Crippen LogP contribution < -0.4 is 4.74 Å². The van der Waals surface area contributed by atoms with Crippen LogP contribution in [0.5, 0.6) is 5.75 Å². The summed E-state index contributed by atoms with van der Waals surface area (Å²) in [6.45, 7) is 6.12. The fraction of sp³-hybridized carbons (Fsp3) is 0.154. The van der Waals surface area contributed by atoms with Crippen LogP contribution in [-0.4, -0.2) is 17.7 Å². The Hall–Kier alpha value is -2.03. The van der Waals surface area contributed by atoms with E-state index in [-0.39, 0.29) is 0 Å². The van der Waals surface area contributed by atoms with Crippen LogP contribution in [-0.2, 0) is 4.79 Å². The lowest BCUT2D eigenvalue weighted by Gasteiger charge is -2.05. The van der Waals surface area contributed by atoms with Crippen molar-refractivity contribution in [2.45, 2.75) is 6.92 Å². The van der Waals surface area contributed by atoms with Crippen LogP contribution in [0.3, 0.4) is 0 Å². The highest BCUT2D eigenvalue weighted by Gasteiger charge is 1.94. The average Bonchev–Trinajstić information content (AvgIpc) is 2.25. The standard InChI is InChI=1S/C13H14O3/c1-10(2)9-16-12-6-3-11(4-7-12)5-8-13(14)15/h3-8H,1,9H2,2H3,(H,14,15)/b8-5+. The molecular weight excluding hydrogens is 204 g/mol. The van der Waals surface area contributed by atoms with Crippen LogP contribution in [0.25, 0.3) is 6.08 Å². The lowest BCUT2D eigenvalue weighted by Crippen LogP contribution is -1.97. The highest BCUT2D eigenvalue weighted by Crippen LogP contribution is 2.13. The van der Waals surface area contributed by atoms with E-state index in [9.17, 15) is 4.79 Å². The first-order valence-corrected chi connectivity index (χ1v) is 4.86. The third-order valence-electron chi connectivity index (χ3n) is 1.78. The van der Waals surface area contributed by atoms with Gasteiger partial charge in [0, 0.05) is 6.08 Å². The Bertz CT molecular complexity index is 402. The maximum absolute atomic E-state index is 10.3. The van der Waals surface area contributed by atoms with Crippen molar-refractivity contribution in [1.82, 2.24) is 0 Å². The number of rotatable bonds is 5. The highest BCUT2D eigenvalue weighted by molar-refractivity contribution is 5.85. The van der Waals surface area contributed by atoms with Crippen LogP contribution in [0.4, 0.5) is 0 Å². The molecule has 3 heteroatoms. The van der Waals surface area contributed by atoms with Crippen molar-refractivity contribution in [3.8, 4) is 5.75 Å². The summed E-state index contributed by atoms with van der Waals surface area (Å²) in [6.07, 6.45) is 2.63. The molecule has 0 heterocycles. The minimum absolute atomic E-state index is 0.490. The monoisotopic (exact) mass is 218 g/mol. The summed E-state index contributed by atoms with van der Waals surface area (Å²) in [4.78, 5) is 10.3. The Labute approximate surface area is 94.7 Å². The van der Waals surface area contributed by atoms with Crippen LogP contribution in [0.15, 0.2) is 42.5 Å². The molecule has 0 bridgehead atoms. The second-order valence-electron chi connectivity index (χ2n) is 3.49. The first kappa shape index (κ1) is 12.0. The van der Waals surface area contributed by atoms with Crippen LogP contribution >= 0.6 is 0 Å². The first-order valence-electron chi connectivity index (χ1n) is 4.86. The Morgan fingerprint density at radius 3 is 2.56 bits per heavy atom. The minimum atomic E-state index is -0.956. The van der Waals surface area contributed by atoms with E-state index in [1.165, 1.54) is 6.08 Å². The van der Waals surface area contributed by atoms with Gasteiger partial charge in [0.2, 0.25) is 0 Å². The Balaban J connectivity index is 2.60. The summed E-state index contributed by atoms with van der Waals surface area (Å²) < 4.78 is 5.41. The molecule has 1 aromatic rings. The Kier molecular flexibility index (Phi) is 4.33.